The Bertz CT molecular complexity index is 1050. The maximum absolute atomic E-state index is 13.6. The summed E-state index contributed by atoms with van der Waals surface area (Å²) in [6.07, 6.45) is -7.91. The van der Waals surface area contributed by atoms with Crippen LogP contribution in [0.5, 0.6) is 0 Å². The number of nitrogens with zero attached hydrogens (tertiary/aromatic N) is 2. The van der Waals surface area contributed by atoms with Crippen molar-refractivity contribution in [3.05, 3.63) is 11.1 Å². The Balaban J connectivity index is 6.85. The Morgan fingerprint density at radius 1 is 0.894 bits per heavy atom. The van der Waals surface area contributed by atoms with Crippen LogP contribution in [-0.4, -0.2) is 142 Å². The summed E-state index contributed by atoms with van der Waals surface area (Å²) >= 11 is 0. The molecule has 0 aliphatic carbocycles. The third-order valence-corrected chi connectivity index (χ3v) is 8.32. The number of carbonyl (C=O) groups excluding carboxylic acids is 2. The molecule has 0 aromatic rings. The highest BCUT2D eigenvalue weighted by molar-refractivity contribution is 5.97. The molecular formula is C29H55F3N4O11. The molecule has 0 radical (unpaired) electrons. The van der Waals surface area contributed by atoms with E-state index in [4.69, 9.17) is 0 Å². The van der Waals surface area contributed by atoms with Crippen LogP contribution >= 0.6 is 0 Å². The number of halogens is 3. The van der Waals surface area contributed by atoms with Crippen LogP contribution in [0.1, 0.15) is 74.7 Å². The van der Waals surface area contributed by atoms with Gasteiger partial charge in [-0.3, -0.25) is 10.1 Å². The van der Waals surface area contributed by atoms with E-state index in [-0.39, 0.29) is 23.3 Å². The number of ketones is 1. The molecule has 0 bridgehead atoms. The van der Waals surface area contributed by atoms with Crippen molar-refractivity contribution in [1.82, 2.24) is 20.4 Å². The molecule has 0 heterocycles. The highest BCUT2D eigenvalue weighted by atomic mass is 19.4. The van der Waals surface area contributed by atoms with Gasteiger partial charge >= 0.3 is 18.1 Å². The summed E-state index contributed by atoms with van der Waals surface area (Å²) in [5, 5.41) is 99.0. The van der Waals surface area contributed by atoms with Crippen LogP contribution in [-0.2, 0) is 4.79 Å². The third-order valence-electron chi connectivity index (χ3n) is 8.32. The van der Waals surface area contributed by atoms with Gasteiger partial charge in [0.05, 0.1) is 18.6 Å². The Kier molecular flexibility index (Phi) is 16.9. The number of amides is 2. The van der Waals surface area contributed by atoms with Crippen LogP contribution in [0.15, 0.2) is 11.1 Å². The number of carbonyl (C=O) groups is 2. The molecule has 6 atom stereocenters. The van der Waals surface area contributed by atoms with Gasteiger partial charge in [-0.1, -0.05) is 26.3 Å². The van der Waals surface area contributed by atoms with Crippen molar-refractivity contribution in [2.45, 2.75) is 129 Å². The van der Waals surface area contributed by atoms with Crippen LogP contribution in [0.25, 0.3) is 0 Å². The maximum Gasteiger partial charge on any atom is 0.397 e. The smallest absolute Gasteiger partial charge is 0.396 e. The summed E-state index contributed by atoms with van der Waals surface area (Å²) in [6, 6.07) is -5.68. The zero-order chi connectivity index (χ0) is 37.5. The van der Waals surface area contributed by atoms with Crippen LogP contribution < -0.4 is 10.6 Å². The van der Waals surface area contributed by atoms with Gasteiger partial charge in [0, 0.05) is 43.8 Å². The Hall–Kier alpha value is -1.97. The average Bonchev–Trinajstić information content (AvgIpc) is 2.93. The van der Waals surface area contributed by atoms with E-state index in [1.165, 1.54) is 48.6 Å². The number of hydrogen-bond acceptors (Lipinski definition) is 13. The molecule has 15 nitrogen and oxygen atoms in total. The number of likely N-dealkylation sites (N-methyl/N-ethyl adjacent to an activating group) is 1. The fraction of sp³-hybridized carbons (Fsp3) is 0.862. The van der Waals surface area contributed by atoms with Crippen molar-refractivity contribution < 1.29 is 68.7 Å². The van der Waals surface area contributed by atoms with E-state index in [1.807, 2.05) is 0 Å². The molecule has 2 amide bonds. The first-order valence-electron chi connectivity index (χ1n) is 15.4. The van der Waals surface area contributed by atoms with E-state index in [2.05, 4.69) is 10.6 Å². The zero-order valence-electron chi connectivity index (χ0n) is 28.4. The van der Waals surface area contributed by atoms with Crippen LogP contribution in [0.3, 0.4) is 0 Å². The fourth-order valence-electron chi connectivity index (χ4n) is 5.21. The molecule has 18 heteroatoms. The van der Waals surface area contributed by atoms with Gasteiger partial charge < -0.3 is 56.2 Å². The molecule has 0 aromatic carbocycles. The Morgan fingerprint density at radius 3 is 1.77 bits per heavy atom. The first kappa shape index (κ1) is 45.0. The third kappa shape index (κ3) is 11.0. The monoisotopic (exact) mass is 692 g/mol. The van der Waals surface area contributed by atoms with Gasteiger partial charge in [-0.15, -0.1) is 0 Å². The molecule has 11 N–H and O–H groups in total. The summed E-state index contributed by atoms with van der Waals surface area (Å²) in [5.74, 6) is -15.0. The van der Waals surface area contributed by atoms with Crippen molar-refractivity contribution in [3.8, 4) is 0 Å². The maximum atomic E-state index is 13.6. The molecule has 6 unspecified atom stereocenters. The first-order valence-corrected chi connectivity index (χ1v) is 15.4. The number of urea groups is 1. The predicted molar refractivity (Wildman–Crippen MR) is 162 cm³/mol. The van der Waals surface area contributed by atoms with Gasteiger partial charge in [0.1, 0.15) is 6.10 Å². The average molecular weight is 693 g/mol. The van der Waals surface area contributed by atoms with E-state index in [1.54, 1.807) is 0 Å². The number of nitrogens with one attached hydrogen (secondary N) is 2. The Labute approximate surface area is 273 Å². The van der Waals surface area contributed by atoms with Gasteiger partial charge in [-0.2, -0.15) is 18.1 Å². The molecule has 0 aliphatic heterocycles. The topological polar surface area (TPSA) is 247 Å². The van der Waals surface area contributed by atoms with Gasteiger partial charge in [-0.25, -0.2) is 4.79 Å². The number of hydrogen-bond donors (Lipinski definition) is 11. The Morgan fingerprint density at radius 2 is 1.40 bits per heavy atom. The molecule has 0 spiro atoms. The zero-order valence-corrected chi connectivity index (χ0v) is 28.4. The summed E-state index contributed by atoms with van der Waals surface area (Å²) in [4.78, 5) is 27.3. The van der Waals surface area contributed by atoms with Gasteiger partial charge in [0.25, 0.3) is 11.8 Å². The molecule has 0 aromatic heterocycles. The molecule has 0 saturated carbocycles. The van der Waals surface area contributed by atoms with E-state index >= 15 is 0 Å². The molecule has 0 aliphatic rings. The predicted octanol–water partition coefficient (Wildman–Crippen LogP) is -0.756. The SMILES string of the molecule is CCC(=O)/C(=C(/C)C(CO)C(F)(F)F)C(C)N(C)C(=O)NC(CC(CC)N(C(O)(O)C(C)O)C(O)(O)C(O)(O)NC(C)C)C(C)CO. The van der Waals surface area contributed by atoms with Gasteiger partial charge in [0.2, 0.25) is 0 Å². The van der Waals surface area contributed by atoms with Crippen molar-refractivity contribution in [3.63, 3.8) is 0 Å². The molecule has 0 fully saturated rings. The highest BCUT2D eigenvalue weighted by Gasteiger charge is 2.62. The number of Topliss-reactive ketones (excluding diaryl/α,β-unsaturated/α-hetero) is 1. The summed E-state index contributed by atoms with van der Waals surface area (Å²) < 4.78 is 40.9. The standard InChI is InChI=1S/C29H55F3N4O11/c1-10-20(36(27(42,43)19(8)39)29(46,47)28(44,45)34-15(3)4)12-22(16(5)13-37)33-25(41)35(9)18(7)24(23(40)11-2)17(6)21(14-38)26(30,31)32/h15-16,18-22,34,37-39,42-47H,10-14H2,1-9H3,(H,33,41)/b24-17-. The van der Waals surface area contributed by atoms with Crippen molar-refractivity contribution in [2.24, 2.45) is 11.8 Å². The normalized spacial score (nSPS) is 17.9. The second kappa shape index (κ2) is 17.6. The van der Waals surface area contributed by atoms with Gasteiger partial charge in [-0.05, 0) is 53.4 Å². The van der Waals surface area contributed by atoms with E-state index in [9.17, 15) is 68.7 Å². The van der Waals surface area contributed by atoms with Crippen molar-refractivity contribution >= 4 is 11.8 Å². The minimum atomic E-state index is -4.89. The quantitative estimate of drug-likeness (QED) is 0.0590. The van der Waals surface area contributed by atoms with Crippen LogP contribution in [0, 0.1) is 11.8 Å². The lowest BCUT2D eigenvalue weighted by atomic mass is 9.88. The van der Waals surface area contributed by atoms with Crippen LogP contribution in [0.2, 0.25) is 0 Å². The number of alkyl halides is 3. The van der Waals surface area contributed by atoms with Gasteiger partial charge in [0.15, 0.2) is 5.78 Å². The van der Waals surface area contributed by atoms with Crippen molar-refractivity contribution in [1.29, 1.82) is 0 Å². The number of aliphatic hydroxyl groups excluding tert-OH is 3. The largest absolute Gasteiger partial charge is 0.397 e. The first-order chi connectivity index (χ1) is 21.2. The lowest BCUT2D eigenvalue weighted by Gasteiger charge is -2.52. The second-order valence-corrected chi connectivity index (χ2v) is 12.3. The summed E-state index contributed by atoms with van der Waals surface area (Å²) in [5.41, 5.74) is -0.826. The van der Waals surface area contributed by atoms with Crippen LogP contribution in [0.4, 0.5) is 18.0 Å². The van der Waals surface area contributed by atoms with E-state index < -0.39 is 103 Å². The molecule has 278 valence electrons. The molecule has 47 heavy (non-hydrogen) atoms. The minimum Gasteiger partial charge on any atom is -0.396 e. The number of aliphatic hydroxyl groups is 9. The summed E-state index contributed by atoms with van der Waals surface area (Å²) in [6.45, 7) is 8.45. The van der Waals surface area contributed by atoms with Crippen molar-refractivity contribution in [2.75, 3.05) is 20.3 Å². The lowest BCUT2D eigenvalue weighted by Crippen LogP contribution is -2.79. The fourth-order valence-corrected chi connectivity index (χ4v) is 5.21. The molecule has 0 rings (SSSR count). The lowest BCUT2D eigenvalue weighted by molar-refractivity contribution is -0.488. The number of rotatable bonds is 19. The second-order valence-electron chi connectivity index (χ2n) is 12.3. The van der Waals surface area contributed by atoms with E-state index in [0.29, 0.717) is 0 Å². The highest BCUT2D eigenvalue weighted by Crippen LogP contribution is 2.36. The summed E-state index contributed by atoms with van der Waals surface area (Å²) in [7, 11) is 1.19. The van der Waals surface area contributed by atoms with E-state index in [0.717, 1.165) is 18.7 Å². The molecule has 0 saturated heterocycles. The molecular weight excluding hydrogens is 637 g/mol. The minimum absolute atomic E-state index is 0.0337.